The molecule has 2 rings (SSSR count). The third-order valence-corrected chi connectivity index (χ3v) is 2.87. The second-order valence-electron chi connectivity index (χ2n) is 4.93. The van der Waals surface area contributed by atoms with Crippen molar-refractivity contribution in [1.29, 1.82) is 0 Å². The summed E-state index contributed by atoms with van der Waals surface area (Å²) in [5.41, 5.74) is -1.23. The van der Waals surface area contributed by atoms with Gasteiger partial charge in [0.15, 0.2) is 0 Å². The van der Waals surface area contributed by atoms with Gasteiger partial charge in [-0.25, -0.2) is 0 Å². The molecular weight excluding hydrogens is 366 g/mol. The number of carbonyl (C=O) groups is 2. The summed E-state index contributed by atoms with van der Waals surface area (Å²) in [7, 11) is 0. The fourth-order valence-electron chi connectivity index (χ4n) is 1.65. The van der Waals surface area contributed by atoms with Crippen molar-refractivity contribution in [3.8, 4) is 0 Å². The van der Waals surface area contributed by atoms with Gasteiger partial charge in [0.2, 0.25) is 0 Å². The molecule has 0 aliphatic heterocycles. The van der Waals surface area contributed by atoms with Gasteiger partial charge >= 0.3 is 34.8 Å². The van der Waals surface area contributed by atoms with E-state index in [1.807, 2.05) is 13.8 Å². The van der Waals surface area contributed by atoms with Crippen molar-refractivity contribution in [3.63, 3.8) is 0 Å². The highest BCUT2D eigenvalue weighted by Crippen LogP contribution is 2.19. The summed E-state index contributed by atoms with van der Waals surface area (Å²) >= 11 is 0. The molecule has 1 N–H and O–H groups in total. The number of carbonyl (C=O) groups excluding carboxylic acids is 2. The summed E-state index contributed by atoms with van der Waals surface area (Å²) in [6.45, 7) is 4.23. The van der Waals surface area contributed by atoms with Crippen LogP contribution in [0.25, 0.3) is 0 Å². The van der Waals surface area contributed by atoms with E-state index in [-0.39, 0.29) is 16.4 Å². The van der Waals surface area contributed by atoms with E-state index >= 15 is 0 Å². The maximum atomic E-state index is 11.9. The molecule has 144 valence electrons. The van der Waals surface area contributed by atoms with Crippen LogP contribution in [0.2, 0.25) is 0 Å². The van der Waals surface area contributed by atoms with Gasteiger partial charge in [-0.15, -0.1) is 5.11 Å². The molecule has 2 heterocycles. The predicted molar refractivity (Wildman–Crippen MR) is 82.1 cm³/mol. The average molecular weight is 381 g/mol. The van der Waals surface area contributed by atoms with E-state index < -0.39 is 34.8 Å². The minimum atomic E-state index is -1.05. The number of aromatic nitrogens is 4. The molecule has 0 spiro atoms. The summed E-state index contributed by atoms with van der Waals surface area (Å²) in [5.74, 6) is -2.85. The van der Waals surface area contributed by atoms with Crippen LogP contribution in [-0.4, -0.2) is 35.2 Å². The molecule has 0 fully saturated rings. The third kappa shape index (κ3) is 4.65. The van der Waals surface area contributed by atoms with Crippen molar-refractivity contribution >= 4 is 23.5 Å². The van der Waals surface area contributed by atoms with Crippen LogP contribution in [0.3, 0.4) is 0 Å². The molecule has 0 aliphatic rings. The summed E-state index contributed by atoms with van der Waals surface area (Å²) in [6.07, 6.45) is 1.28. The first-order chi connectivity index (χ1) is 13.0. The molecule has 0 aromatic carbocycles. The third-order valence-electron chi connectivity index (χ3n) is 2.87. The Bertz CT molecular complexity index is 871. The number of nitrogens with one attached hydrogen (secondary N) is 1. The lowest BCUT2D eigenvalue weighted by Gasteiger charge is -1.98. The monoisotopic (exact) mass is 381 g/mol. The maximum absolute atomic E-state index is 11.9. The van der Waals surface area contributed by atoms with Crippen LogP contribution in [0.1, 0.15) is 47.7 Å². The molecular formula is C12H15N9O6. The second-order valence-corrected chi connectivity index (χ2v) is 4.93. The quantitative estimate of drug-likeness (QED) is 0.502. The SMILES string of the molecule is CCCN=NC(=O)c1c(N=Nc2no[n+]([O-])c2C(=O)NCCC)no[n+]1[O-]. The van der Waals surface area contributed by atoms with Crippen molar-refractivity contribution in [2.24, 2.45) is 20.5 Å². The first-order valence-electron chi connectivity index (χ1n) is 7.80. The highest BCUT2D eigenvalue weighted by molar-refractivity contribution is 5.95. The number of azo groups is 2. The predicted octanol–water partition coefficient (Wildman–Crippen LogP) is 0.487. The summed E-state index contributed by atoms with van der Waals surface area (Å²) in [4.78, 5) is 23.5. The molecule has 0 bridgehead atoms. The minimum Gasteiger partial charge on any atom is -0.359 e. The summed E-state index contributed by atoms with van der Waals surface area (Å²) in [5, 5.41) is 46.0. The van der Waals surface area contributed by atoms with Crippen LogP contribution in [0.4, 0.5) is 11.6 Å². The zero-order valence-electron chi connectivity index (χ0n) is 14.4. The smallest absolute Gasteiger partial charge is 0.359 e. The number of amides is 2. The highest BCUT2D eigenvalue weighted by Gasteiger charge is 2.30. The van der Waals surface area contributed by atoms with E-state index in [9.17, 15) is 20.0 Å². The van der Waals surface area contributed by atoms with Crippen LogP contribution in [0, 0.1) is 10.4 Å². The van der Waals surface area contributed by atoms with E-state index in [4.69, 9.17) is 0 Å². The molecule has 0 saturated carbocycles. The Morgan fingerprint density at radius 1 is 1.04 bits per heavy atom. The number of hydrogen-bond acceptors (Lipinski definition) is 11. The van der Waals surface area contributed by atoms with Gasteiger partial charge in [0, 0.05) is 6.54 Å². The second kappa shape index (κ2) is 9.07. The van der Waals surface area contributed by atoms with Crippen molar-refractivity contribution in [2.45, 2.75) is 26.7 Å². The minimum absolute atomic E-state index is 0.152. The van der Waals surface area contributed by atoms with E-state index in [0.29, 0.717) is 19.4 Å². The Balaban J connectivity index is 2.27. The first-order valence-corrected chi connectivity index (χ1v) is 7.80. The lowest BCUT2D eigenvalue weighted by molar-refractivity contribution is -0.803. The molecule has 0 unspecified atom stereocenters. The lowest BCUT2D eigenvalue weighted by atomic mass is 10.4. The van der Waals surface area contributed by atoms with Gasteiger partial charge < -0.3 is 15.7 Å². The Hall–Kier alpha value is -3.78. The molecule has 2 aromatic heterocycles. The topological polar surface area (TPSA) is 202 Å². The number of nitrogens with zero attached hydrogens (tertiary/aromatic N) is 8. The largest absolute Gasteiger partial charge is 0.365 e. The van der Waals surface area contributed by atoms with Crippen molar-refractivity contribution in [2.75, 3.05) is 13.1 Å². The Labute approximate surface area is 150 Å². The zero-order chi connectivity index (χ0) is 19.8. The number of rotatable bonds is 8. The van der Waals surface area contributed by atoms with E-state index in [2.05, 4.69) is 45.3 Å². The molecule has 0 atom stereocenters. The maximum Gasteiger partial charge on any atom is 0.365 e. The Morgan fingerprint density at radius 2 is 1.63 bits per heavy atom. The van der Waals surface area contributed by atoms with Gasteiger partial charge in [-0.2, -0.15) is 5.11 Å². The van der Waals surface area contributed by atoms with Crippen LogP contribution >= 0.6 is 0 Å². The molecule has 27 heavy (non-hydrogen) atoms. The zero-order valence-corrected chi connectivity index (χ0v) is 14.4. The van der Waals surface area contributed by atoms with E-state index in [0.717, 1.165) is 0 Å². The van der Waals surface area contributed by atoms with Crippen LogP contribution in [0.5, 0.6) is 0 Å². The van der Waals surface area contributed by atoms with Crippen LogP contribution < -0.4 is 15.1 Å². The molecule has 2 aromatic rings. The number of hydrogen-bond donors (Lipinski definition) is 1. The van der Waals surface area contributed by atoms with Crippen molar-refractivity contribution in [3.05, 3.63) is 21.8 Å². The molecule has 0 radical (unpaired) electrons. The standard InChI is InChI=1S/C12H15N9O6/c1-3-5-13-11(22)7-9(18-26-20(7)24)15-16-10-8(21(25)27-19-10)12(23)17-14-6-4-2/h3-6H2,1-2H3,(H,13,22). The fraction of sp³-hybridized carbons (Fsp3) is 0.500. The Kier molecular flexibility index (Phi) is 6.56. The van der Waals surface area contributed by atoms with Gasteiger partial charge in [-0.1, -0.05) is 24.1 Å². The lowest BCUT2D eigenvalue weighted by Crippen LogP contribution is -2.37. The summed E-state index contributed by atoms with van der Waals surface area (Å²) in [6, 6.07) is 0. The van der Waals surface area contributed by atoms with Gasteiger partial charge in [-0.05, 0) is 22.6 Å². The van der Waals surface area contributed by atoms with Gasteiger partial charge in [-0.3, -0.25) is 18.8 Å². The van der Waals surface area contributed by atoms with E-state index in [1.54, 1.807) is 0 Å². The van der Waals surface area contributed by atoms with Crippen molar-refractivity contribution < 1.29 is 28.7 Å². The van der Waals surface area contributed by atoms with Gasteiger partial charge in [0.25, 0.3) is 0 Å². The summed E-state index contributed by atoms with van der Waals surface area (Å²) < 4.78 is 8.61. The molecule has 2 amide bonds. The van der Waals surface area contributed by atoms with Gasteiger partial charge in [0.1, 0.15) is 0 Å². The average Bonchev–Trinajstić information content (AvgIpc) is 3.20. The molecule has 15 nitrogen and oxygen atoms in total. The van der Waals surface area contributed by atoms with Crippen LogP contribution in [-0.2, 0) is 0 Å². The highest BCUT2D eigenvalue weighted by atomic mass is 16.8. The van der Waals surface area contributed by atoms with Crippen LogP contribution in [0.15, 0.2) is 29.7 Å². The molecule has 0 aliphatic carbocycles. The normalized spacial score (nSPS) is 11.5. The fourth-order valence-corrected chi connectivity index (χ4v) is 1.65. The van der Waals surface area contributed by atoms with E-state index in [1.165, 1.54) is 0 Å². The molecule has 15 heteroatoms. The first kappa shape index (κ1) is 19.5. The molecule has 0 saturated heterocycles. The van der Waals surface area contributed by atoms with Gasteiger partial charge in [0.05, 0.1) is 16.9 Å². The van der Waals surface area contributed by atoms with Crippen molar-refractivity contribution in [1.82, 2.24) is 15.6 Å². The Morgan fingerprint density at radius 3 is 2.22 bits per heavy atom.